The number of hydrogen-bond donors (Lipinski definition) is 2. The van der Waals surface area contributed by atoms with E-state index in [9.17, 15) is 14.9 Å². The van der Waals surface area contributed by atoms with Crippen LogP contribution in [0.4, 0.5) is 5.69 Å². The molecule has 0 spiro atoms. The zero-order chi connectivity index (χ0) is 11.4. The van der Waals surface area contributed by atoms with Gasteiger partial charge < -0.3 is 5.11 Å². The summed E-state index contributed by atoms with van der Waals surface area (Å²) in [5.41, 5.74) is 0.0696. The van der Waals surface area contributed by atoms with Crippen molar-refractivity contribution in [3.8, 4) is 0 Å². The van der Waals surface area contributed by atoms with Crippen molar-refractivity contribution in [3.63, 3.8) is 0 Å². The zero-order valence-corrected chi connectivity index (χ0v) is 8.35. The van der Waals surface area contributed by atoms with Crippen molar-refractivity contribution >= 4 is 30.4 Å². The standard InChI is InChI=1S/C9H7NO4S/c11-9(12)8(15)5-6-3-1-2-4-7(6)10(13)14/h1-5,15H,(H,11,12)/b8-5-. The van der Waals surface area contributed by atoms with E-state index < -0.39 is 10.9 Å². The fraction of sp³-hybridized carbons (Fsp3) is 0. The van der Waals surface area contributed by atoms with E-state index in [0.29, 0.717) is 0 Å². The largest absolute Gasteiger partial charge is 0.477 e. The molecule has 0 saturated heterocycles. The first-order chi connectivity index (χ1) is 7.02. The van der Waals surface area contributed by atoms with E-state index in [2.05, 4.69) is 12.6 Å². The predicted octanol–water partition coefficient (Wildman–Crippen LogP) is 1.95. The minimum absolute atomic E-state index is 0.148. The highest BCUT2D eigenvalue weighted by molar-refractivity contribution is 7.85. The molecule has 0 saturated carbocycles. The molecule has 0 fully saturated rings. The number of nitro benzene ring substituents is 1. The Morgan fingerprint density at radius 3 is 2.60 bits per heavy atom. The van der Waals surface area contributed by atoms with Crippen LogP contribution in [-0.2, 0) is 4.79 Å². The molecule has 0 aliphatic rings. The summed E-state index contributed by atoms with van der Waals surface area (Å²) in [5.74, 6) is -1.23. The van der Waals surface area contributed by atoms with Crippen LogP contribution in [0.2, 0.25) is 0 Å². The smallest absolute Gasteiger partial charge is 0.341 e. The highest BCUT2D eigenvalue weighted by Crippen LogP contribution is 2.21. The third kappa shape index (κ3) is 2.81. The van der Waals surface area contributed by atoms with E-state index in [1.54, 1.807) is 6.07 Å². The van der Waals surface area contributed by atoms with Crippen molar-refractivity contribution in [2.24, 2.45) is 0 Å². The van der Waals surface area contributed by atoms with Crippen LogP contribution in [0.15, 0.2) is 29.2 Å². The molecule has 0 atom stereocenters. The molecule has 1 rings (SSSR count). The van der Waals surface area contributed by atoms with Gasteiger partial charge in [-0.15, -0.1) is 12.6 Å². The molecule has 1 aromatic rings. The van der Waals surface area contributed by atoms with E-state index in [1.165, 1.54) is 18.2 Å². The van der Waals surface area contributed by atoms with Crippen LogP contribution in [-0.4, -0.2) is 16.0 Å². The number of thiol groups is 1. The monoisotopic (exact) mass is 225 g/mol. The maximum Gasteiger partial charge on any atom is 0.341 e. The Hall–Kier alpha value is -1.82. The van der Waals surface area contributed by atoms with Gasteiger partial charge in [-0.1, -0.05) is 12.1 Å². The lowest BCUT2D eigenvalue weighted by Gasteiger charge is -1.97. The lowest BCUT2D eigenvalue weighted by molar-refractivity contribution is -0.385. The molecular formula is C9H7NO4S. The van der Waals surface area contributed by atoms with Gasteiger partial charge in [-0.25, -0.2) is 4.79 Å². The Kier molecular flexibility index (Phi) is 3.46. The fourth-order valence-corrected chi connectivity index (χ4v) is 1.12. The summed E-state index contributed by atoms with van der Waals surface area (Å²) in [7, 11) is 0. The van der Waals surface area contributed by atoms with Gasteiger partial charge in [0.05, 0.1) is 15.4 Å². The number of benzene rings is 1. The molecule has 0 amide bonds. The third-order valence-corrected chi connectivity index (χ3v) is 1.97. The van der Waals surface area contributed by atoms with Crippen LogP contribution >= 0.6 is 12.6 Å². The number of para-hydroxylation sites is 1. The first kappa shape index (κ1) is 11.3. The van der Waals surface area contributed by atoms with Crippen LogP contribution in [0, 0.1) is 10.1 Å². The Labute approximate surface area is 90.6 Å². The van der Waals surface area contributed by atoms with E-state index in [1.807, 2.05) is 0 Å². The summed E-state index contributed by atoms with van der Waals surface area (Å²) in [5, 5.41) is 19.1. The summed E-state index contributed by atoms with van der Waals surface area (Å²) in [6.07, 6.45) is 1.14. The first-order valence-corrected chi connectivity index (χ1v) is 4.34. The van der Waals surface area contributed by atoms with Gasteiger partial charge in [0.2, 0.25) is 0 Å². The molecule has 6 heteroatoms. The maximum absolute atomic E-state index is 10.6. The summed E-state index contributed by atoms with van der Waals surface area (Å²) in [6, 6.07) is 5.85. The van der Waals surface area contributed by atoms with Crippen molar-refractivity contribution in [2.75, 3.05) is 0 Å². The van der Waals surface area contributed by atoms with Crippen molar-refractivity contribution in [2.45, 2.75) is 0 Å². The van der Waals surface area contributed by atoms with Gasteiger partial charge in [0.15, 0.2) is 0 Å². The molecule has 0 aliphatic carbocycles. The maximum atomic E-state index is 10.6. The SMILES string of the molecule is O=C(O)/C(S)=C/c1ccccc1[N+](=O)[O-]. The highest BCUT2D eigenvalue weighted by atomic mass is 32.1. The normalized spacial score (nSPS) is 11.1. The number of carboxylic acid groups (broad SMARTS) is 1. The summed E-state index contributed by atoms with van der Waals surface area (Å²) >= 11 is 3.69. The highest BCUT2D eigenvalue weighted by Gasteiger charge is 2.11. The average molecular weight is 225 g/mol. The first-order valence-electron chi connectivity index (χ1n) is 3.89. The molecule has 0 aliphatic heterocycles. The number of rotatable bonds is 3. The minimum Gasteiger partial charge on any atom is -0.477 e. The predicted molar refractivity (Wildman–Crippen MR) is 57.7 cm³/mol. The Bertz CT molecular complexity index is 441. The fourth-order valence-electron chi connectivity index (χ4n) is 0.985. The van der Waals surface area contributed by atoms with Gasteiger partial charge in [0.1, 0.15) is 0 Å². The molecule has 78 valence electrons. The van der Waals surface area contributed by atoms with Crippen molar-refractivity contribution in [1.82, 2.24) is 0 Å². The Morgan fingerprint density at radius 2 is 2.07 bits per heavy atom. The number of carbonyl (C=O) groups is 1. The van der Waals surface area contributed by atoms with Gasteiger partial charge in [-0.05, 0) is 12.1 Å². The van der Waals surface area contributed by atoms with Crippen LogP contribution in [0.5, 0.6) is 0 Å². The van der Waals surface area contributed by atoms with Gasteiger partial charge >= 0.3 is 5.97 Å². The second-order valence-corrected chi connectivity index (χ2v) is 3.13. The topological polar surface area (TPSA) is 80.4 Å². The van der Waals surface area contributed by atoms with Crippen LogP contribution < -0.4 is 0 Å². The lowest BCUT2D eigenvalue weighted by atomic mass is 10.1. The van der Waals surface area contributed by atoms with Crippen molar-refractivity contribution < 1.29 is 14.8 Å². The number of nitrogens with zero attached hydrogens (tertiary/aromatic N) is 1. The number of aliphatic carboxylic acids is 1. The summed E-state index contributed by atoms with van der Waals surface area (Å²) < 4.78 is 0. The average Bonchev–Trinajstić information content (AvgIpc) is 2.18. The van der Waals surface area contributed by atoms with Gasteiger partial charge in [0, 0.05) is 6.07 Å². The molecule has 5 nitrogen and oxygen atoms in total. The van der Waals surface area contributed by atoms with Crippen LogP contribution in [0.3, 0.4) is 0 Å². The summed E-state index contributed by atoms with van der Waals surface area (Å²) in [6.45, 7) is 0. The molecule has 0 aromatic heterocycles. The molecule has 1 aromatic carbocycles. The van der Waals surface area contributed by atoms with E-state index in [0.717, 1.165) is 6.08 Å². The van der Waals surface area contributed by atoms with E-state index in [4.69, 9.17) is 5.11 Å². The molecular weight excluding hydrogens is 218 g/mol. The summed E-state index contributed by atoms with van der Waals surface area (Å²) in [4.78, 5) is 20.2. The molecule has 0 bridgehead atoms. The van der Waals surface area contributed by atoms with E-state index in [-0.39, 0.29) is 16.2 Å². The van der Waals surface area contributed by atoms with Crippen molar-refractivity contribution in [1.29, 1.82) is 0 Å². The van der Waals surface area contributed by atoms with Crippen LogP contribution in [0.1, 0.15) is 5.56 Å². The van der Waals surface area contributed by atoms with E-state index >= 15 is 0 Å². The quantitative estimate of drug-likeness (QED) is 0.356. The molecule has 0 radical (unpaired) electrons. The van der Waals surface area contributed by atoms with Crippen molar-refractivity contribution in [3.05, 3.63) is 44.8 Å². The minimum atomic E-state index is -1.23. The number of carboxylic acids is 1. The lowest BCUT2D eigenvalue weighted by Crippen LogP contribution is -1.95. The van der Waals surface area contributed by atoms with Gasteiger partial charge in [-0.2, -0.15) is 0 Å². The van der Waals surface area contributed by atoms with Crippen LogP contribution in [0.25, 0.3) is 6.08 Å². The second kappa shape index (κ2) is 4.61. The Balaban J connectivity index is 3.20. The molecule has 1 N–H and O–H groups in total. The second-order valence-electron chi connectivity index (χ2n) is 2.65. The molecule has 0 heterocycles. The zero-order valence-electron chi connectivity index (χ0n) is 7.45. The Morgan fingerprint density at radius 1 is 1.47 bits per heavy atom. The molecule has 15 heavy (non-hydrogen) atoms. The third-order valence-electron chi connectivity index (χ3n) is 1.64. The number of hydrogen-bond acceptors (Lipinski definition) is 4. The molecule has 0 unspecified atom stereocenters. The van der Waals surface area contributed by atoms with Gasteiger partial charge in [-0.3, -0.25) is 10.1 Å². The van der Waals surface area contributed by atoms with Gasteiger partial charge in [0.25, 0.3) is 5.69 Å². The number of nitro groups is 1.